The number of hydrogen-bond acceptors (Lipinski definition) is 6. The van der Waals surface area contributed by atoms with Gasteiger partial charge in [-0.3, -0.25) is 15.6 Å². The molecule has 4 rings (SSSR count). The molecule has 2 aromatic carbocycles. The summed E-state index contributed by atoms with van der Waals surface area (Å²) in [6, 6.07) is 14.1. The number of amides is 1. The Morgan fingerprint density at radius 2 is 1.53 bits per heavy atom. The third kappa shape index (κ3) is 6.31. The van der Waals surface area contributed by atoms with Gasteiger partial charge in [0.15, 0.2) is 0 Å². The van der Waals surface area contributed by atoms with Crippen molar-refractivity contribution in [1.29, 1.82) is 10.8 Å². The number of carbonyl (C=O) groups is 1. The van der Waals surface area contributed by atoms with E-state index >= 15 is 0 Å². The third-order valence-corrected chi connectivity index (χ3v) is 6.05. The molecule has 0 heterocycles. The highest BCUT2D eigenvalue weighted by atomic mass is 16.5. The Morgan fingerprint density at radius 1 is 0.944 bits per heavy atom. The van der Waals surface area contributed by atoms with E-state index in [1.54, 1.807) is 54.6 Å². The minimum absolute atomic E-state index is 0.0148. The van der Waals surface area contributed by atoms with E-state index in [9.17, 15) is 4.79 Å². The number of hydrogen-bond donors (Lipinski definition) is 5. The number of carbonyl (C=O) groups excluding carboxylic acids is 1. The molecule has 0 saturated heterocycles. The molecule has 1 atom stereocenters. The van der Waals surface area contributed by atoms with Crippen molar-refractivity contribution in [2.24, 2.45) is 17.2 Å². The van der Waals surface area contributed by atoms with Crippen LogP contribution >= 0.6 is 0 Å². The highest BCUT2D eigenvalue weighted by Gasteiger charge is 2.34. The van der Waals surface area contributed by atoms with Crippen LogP contribution in [0.2, 0.25) is 0 Å². The predicted molar refractivity (Wildman–Crippen MR) is 139 cm³/mol. The van der Waals surface area contributed by atoms with Crippen molar-refractivity contribution >= 4 is 17.6 Å². The summed E-state index contributed by atoms with van der Waals surface area (Å²) in [5.41, 5.74) is 18.5. The zero-order valence-corrected chi connectivity index (χ0v) is 20.1. The summed E-state index contributed by atoms with van der Waals surface area (Å²) in [6.07, 6.45) is 6.35. The van der Waals surface area contributed by atoms with Crippen molar-refractivity contribution < 1.29 is 14.3 Å². The molecule has 1 saturated carbocycles. The van der Waals surface area contributed by atoms with Crippen LogP contribution in [0.15, 0.2) is 72.0 Å². The molecule has 36 heavy (non-hydrogen) atoms. The maximum absolute atomic E-state index is 13.5. The first-order valence-corrected chi connectivity index (χ1v) is 12.0. The molecule has 8 N–H and O–H groups in total. The molecule has 1 unspecified atom stereocenters. The first kappa shape index (κ1) is 25.0. The van der Waals surface area contributed by atoms with E-state index in [1.165, 1.54) is 0 Å². The number of rotatable bonds is 11. The molecule has 0 aliphatic heterocycles. The van der Waals surface area contributed by atoms with E-state index < -0.39 is 6.10 Å². The maximum Gasteiger partial charge on any atom is 0.254 e. The summed E-state index contributed by atoms with van der Waals surface area (Å²) >= 11 is 0. The molecule has 9 nitrogen and oxygen atoms in total. The van der Waals surface area contributed by atoms with E-state index in [0.717, 1.165) is 19.3 Å². The van der Waals surface area contributed by atoms with Gasteiger partial charge in [-0.2, -0.15) is 0 Å². The molecule has 0 bridgehead atoms. The first-order valence-electron chi connectivity index (χ1n) is 12.0. The fraction of sp³-hybridized carbons (Fsp3) is 0.296. The minimum atomic E-state index is -0.431. The molecule has 188 valence electrons. The van der Waals surface area contributed by atoms with Gasteiger partial charge in [0, 0.05) is 35.7 Å². The fourth-order valence-electron chi connectivity index (χ4n) is 4.02. The largest absolute Gasteiger partial charge is 0.486 e. The standard InChI is InChI=1S/C27H32N6O3/c28-12-1-13-33(20-6-7-20)27(34)19-14-23(35-21-8-2-17(3-9-21)25(29)30)16-24(15-19)36-22-10-4-18(5-11-22)26(31)32/h2-5,8-11,14-15,20,23H,1,6-7,12-13,16,28H2,(H3,29,30)(H3,31,32). The SMILES string of the molecule is N=C(N)c1ccc(OC2=CC(C(=O)N(CCCN)C3CC3)=CC(Oc3ccc(C(=N)N)cc3)C2)cc1. The summed E-state index contributed by atoms with van der Waals surface area (Å²) in [4.78, 5) is 15.4. The Hall–Kier alpha value is -4.11. The Bertz CT molecular complexity index is 1180. The van der Waals surface area contributed by atoms with Gasteiger partial charge in [-0.15, -0.1) is 0 Å². The van der Waals surface area contributed by atoms with E-state index in [2.05, 4.69) is 0 Å². The lowest BCUT2D eigenvalue weighted by Crippen LogP contribution is -2.37. The van der Waals surface area contributed by atoms with Gasteiger partial charge < -0.3 is 31.6 Å². The van der Waals surface area contributed by atoms with Gasteiger partial charge >= 0.3 is 0 Å². The van der Waals surface area contributed by atoms with Gasteiger partial charge in [-0.25, -0.2) is 0 Å². The summed E-state index contributed by atoms with van der Waals surface area (Å²) in [7, 11) is 0. The molecule has 0 aromatic heterocycles. The van der Waals surface area contributed by atoms with Crippen molar-refractivity contribution in [2.75, 3.05) is 13.1 Å². The van der Waals surface area contributed by atoms with Crippen molar-refractivity contribution in [3.8, 4) is 11.5 Å². The Balaban J connectivity index is 1.57. The Morgan fingerprint density at radius 3 is 2.06 bits per heavy atom. The van der Waals surface area contributed by atoms with Crippen LogP contribution in [-0.4, -0.2) is 47.7 Å². The second-order valence-corrected chi connectivity index (χ2v) is 8.94. The molecular weight excluding hydrogens is 456 g/mol. The monoisotopic (exact) mass is 488 g/mol. The van der Waals surface area contributed by atoms with Crippen molar-refractivity contribution in [3.05, 3.63) is 83.1 Å². The van der Waals surface area contributed by atoms with E-state index in [-0.39, 0.29) is 23.6 Å². The summed E-state index contributed by atoms with van der Waals surface area (Å²) < 4.78 is 12.3. The topological polar surface area (TPSA) is 165 Å². The van der Waals surface area contributed by atoms with Gasteiger partial charge in [0.1, 0.15) is 35.0 Å². The number of nitrogens with two attached hydrogens (primary N) is 3. The van der Waals surface area contributed by atoms with E-state index in [1.807, 2.05) is 11.0 Å². The van der Waals surface area contributed by atoms with Gasteiger partial charge in [0.2, 0.25) is 0 Å². The lowest BCUT2D eigenvalue weighted by molar-refractivity contribution is -0.127. The number of nitrogens with one attached hydrogen (secondary N) is 2. The highest BCUT2D eigenvalue weighted by Crippen LogP contribution is 2.31. The maximum atomic E-state index is 13.5. The highest BCUT2D eigenvalue weighted by molar-refractivity contribution is 5.97. The van der Waals surface area contributed by atoms with Crippen molar-refractivity contribution in [1.82, 2.24) is 4.90 Å². The van der Waals surface area contributed by atoms with E-state index in [4.69, 9.17) is 37.5 Å². The van der Waals surface area contributed by atoms with Gasteiger partial charge in [-0.05, 0) is 86.5 Å². The first-order chi connectivity index (χ1) is 17.3. The van der Waals surface area contributed by atoms with Crippen LogP contribution in [0.25, 0.3) is 0 Å². The lowest BCUT2D eigenvalue weighted by atomic mass is 10.0. The van der Waals surface area contributed by atoms with Crippen LogP contribution in [0.1, 0.15) is 36.8 Å². The second-order valence-electron chi connectivity index (χ2n) is 8.94. The smallest absolute Gasteiger partial charge is 0.254 e. The molecule has 1 amide bonds. The van der Waals surface area contributed by atoms with Crippen LogP contribution in [0.4, 0.5) is 0 Å². The van der Waals surface area contributed by atoms with Crippen LogP contribution in [0, 0.1) is 10.8 Å². The quantitative estimate of drug-likeness (QED) is 0.241. The normalized spacial score (nSPS) is 17.0. The van der Waals surface area contributed by atoms with Gasteiger partial charge in [0.05, 0.1) is 0 Å². The molecule has 0 spiro atoms. The average Bonchev–Trinajstić information content (AvgIpc) is 3.70. The number of ether oxygens (including phenoxy) is 2. The second kappa shape index (κ2) is 11.1. The lowest BCUT2D eigenvalue weighted by Gasteiger charge is -2.27. The van der Waals surface area contributed by atoms with Crippen molar-refractivity contribution in [3.63, 3.8) is 0 Å². The fourth-order valence-corrected chi connectivity index (χ4v) is 4.02. The third-order valence-electron chi connectivity index (χ3n) is 6.05. The number of nitrogen functional groups attached to an aromatic ring is 2. The van der Waals surface area contributed by atoms with Crippen LogP contribution in [0.5, 0.6) is 11.5 Å². The molecule has 1 fully saturated rings. The molecule has 0 radical (unpaired) electrons. The zero-order chi connectivity index (χ0) is 25.7. The average molecular weight is 489 g/mol. The molecule has 2 aliphatic rings. The van der Waals surface area contributed by atoms with Crippen molar-refractivity contribution in [2.45, 2.75) is 37.8 Å². The number of amidine groups is 2. The summed E-state index contributed by atoms with van der Waals surface area (Å²) in [5.74, 6) is 1.68. The van der Waals surface area contributed by atoms with Gasteiger partial charge in [-0.1, -0.05) is 0 Å². The van der Waals surface area contributed by atoms with Crippen LogP contribution in [-0.2, 0) is 4.79 Å². The Kier molecular flexibility index (Phi) is 7.70. The van der Waals surface area contributed by atoms with E-state index in [0.29, 0.717) is 53.5 Å². The molecule has 2 aromatic rings. The summed E-state index contributed by atoms with van der Waals surface area (Å²) in [5, 5.41) is 15.1. The Labute approximate surface area is 210 Å². The predicted octanol–water partition coefficient (Wildman–Crippen LogP) is 2.63. The minimum Gasteiger partial charge on any atom is -0.486 e. The van der Waals surface area contributed by atoms with Crippen LogP contribution in [0.3, 0.4) is 0 Å². The molecule has 2 aliphatic carbocycles. The number of benzene rings is 2. The number of nitrogens with zero attached hydrogens (tertiary/aromatic N) is 1. The van der Waals surface area contributed by atoms with Crippen LogP contribution < -0.4 is 26.7 Å². The molecular formula is C27H32N6O3. The molecule has 9 heteroatoms. The summed E-state index contributed by atoms with van der Waals surface area (Å²) in [6.45, 7) is 1.14. The zero-order valence-electron chi connectivity index (χ0n) is 20.1. The van der Waals surface area contributed by atoms with Gasteiger partial charge in [0.25, 0.3) is 5.91 Å².